The van der Waals surface area contributed by atoms with E-state index in [0.29, 0.717) is 5.56 Å². The molecule has 0 saturated heterocycles. The van der Waals surface area contributed by atoms with E-state index in [4.69, 9.17) is 10.8 Å². The summed E-state index contributed by atoms with van der Waals surface area (Å²) in [7, 11) is 0. The number of phenolic OH excluding ortho intramolecular Hbond substituents is 1. The van der Waals surface area contributed by atoms with Gasteiger partial charge in [-0.3, -0.25) is 4.79 Å². The average Bonchev–Trinajstić information content (AvgIpc) is 2.12. The lowest BCUT2D eigenvalue weighted by Gasteiger charge is -2.10. The van der Waals surface area contributed by atoms with Crippen LogP contribution in [0.15, 0.2) is 18.2 Å². The molecule has 0 bridgehead atoms. The topological polar surface area (TPSA) is 75.3 Å². The van der Waals surface area contributed by atoms with Crippen molar-refractivity contribution < 1.29 is 14.3 Å². The van der Waals surface area contributed by atoms with E-state index in [1.54, 1.807) is 6.92 Å². The fourth-order valence-corrected chi connectivity index (χ4v) is 1.11. The highest BCUT2D eigenvalue weighted by atomic mass is 19.1. The third-order valence-electron chi connectivity index (χ3n) is 1.98. The van der Waals surface area contributed by atoms with Crippen LogP contribution in [0, 0.1) is 5.82 Å². The maximum absolute atomic E-state index is 12.8. The Morgan fingerprint density at radius 3 is 2.80 bits per heavy atom. The molecule has 1 aromatic carbocycles. The number of phenols is 1. The maximum atomic E-state index is 12.8. The second-order valence-corrected chi connectivity index (χ2v) is 3.32. The van der Waals surface area contributed by atoms with Crippen molar-refractivity contribution >= 4 is 5.91 Å². The number of carbonyl (C=O) groups excluding carboxylic acids is 1. The maximum Gasteiger partial charge on any atom is 0.234 e. The fraction of sp³-hybridized carbons (Fsp3) is 0.300. The normalized spacial score (nSPS) is 12.4. The van der Waals surface area contributed by atoms with Crippen LogP contribution in [0.4, 0.5) is 4.39 Å². The van der Waals surface area contributed by atoms with Crippen LogP contribution in [0.25, 0.3) is 0 Å². The van der Waals surface area contributed by atoms with Gasteiger partial charge < -0.3 is 16.2 Å². The summed E-state index contributed by atoms with van der Waals surface area (Å²) in [6.45, 7) is 1.89. The Morgan fingerprint density at radius 1 is 1.60 bits per heavy atom. The van der Waals surface area contributed by atoms with E-state index in [1.165, 1.54) is 12.1 Å². The molecule has 0 fully saturated rings. The van der Waals surface area contributed by atoms with Crippen molar-refractivity contribution in [1.29, 1.82) is 0 Å². The van der Waals surface area contributed by atoms with Gasteiger partial charge in [-0.15, -0.1) is 0 Å². The first kappa shape index (κ1) is 11.5. The van der Waals surface area contributed by atoms with Crippen LogP contribution in [-0.2, 0) is 11.3 Å². The van der Waals surface area contributed by atoms with Crippen molar-refractivity contribution in [2.24, 2.45) is 5.73 Å². The predicted molar refractivity (Wildman–Crippen MR) is 53.6 cm³/mol. The summed E-state index contributed by atoms with van der Waals surface area (Å²) >= 11 is 0. The molecule has 0 heterocycles. The molecule has 1 rings (SSSR count). The molecule has 0 radical (unpaired) electrons. The number of aromatic hydroxyl groups is 1. The van der Waals surface area contributed by atoms with Crippen LogP contribution < -0.4 is 11.1 Å². The van der Waals surface area contributed by atoms with E-state index < -0.39 is 17.8 Å². The molecule has 82 valence electrons. The van der Waals surface area contributed by atoms with Gasteiger partial charge in [0.05, 0.1) is 6.04 Å². The number of nitrogens with two attached hydrogens (primary N) is 1. The van der Waals surface area contributed by atoms with Gasteiger partial charge in [0.25, 0.3) is 0 Å². The van der Waals surface area contributed by atoms with Crippen LogP contribution in [0.1, 0.15) is 12.5 Å². The van der Waals surface area contributed by atoms with Gasteiger partial charge in [0.1, 0.15) is 11.6 Å². The molecule has 1 unspecified atom stereocenters. The van der Waals surface area contributed by atoms with Crippen LogP contribution in [0.5, 0.6) is 5.75 Å². The lowest BCUT2D eigenvalue weighted by molar-refractivity contribution is -0.119. The van der Waals surface area contributed by atoms with Crippen molar-refractivity contribution in [3.8, 4) is 5.75 Å². The minimum absolute atomic E-state index is 0.140. The SMILES string of the molecule is CC(NCc1cc(O)cc(F)c1)C(N)=O. The van der Waals surface area contributed by atoms with Gasteiger partial charge in [-0.2, -0.15) is 0 Å². The van der Waals surface area contributed by atoms with E-state index in [-0.39, 0.29) is 12.3 Å². The van der Waals surface area contributed by atoms with Crippen LogP contribution in [0.3, 0.4) is 0 Å². The average molecular weight is 212 g/mol. The van der Waals surface area contributed by atoms with Crippen LogP contribution >= 0.6 is 0 Å². The summed E-state index contributed by atoms with van der Waals surface area (Å²) < 4.78 is 12.8. The number of carbonyl (C=O) groups is 1. The summed E-state index contributed by atoms with van der Waals surface area (Å²) in [5.74, 6) is -1.13. The molecule has 1 amide bonds. The zero-order chi connectivity index (χ0) is 11.4. The molecule has 0 aliphatic heterocycles. The Kier molecular flexibility index (Phi) is 3.62. The summed E-state index contributed by atoms with van der Waals surface area (Å²) in [4.78, 5) is 10.7. The molecule has 4 N–H and O–H groups in total. The van der Waals surface area contributed by atoms with E-state index in [0.717, 1.165) is 6.07 Å². The third kappa shape index (κ3) is 3.55. The van der Waals surface area contributed by atoms with Gasteiger partial charge >= 0.3 is 0 Å². The highest BCUT2D eigenvalue weighted by Crippen LogP contribution is 2.14. The molecule has 0 spiro atoms. The van der Waals surface area contributed by atoms with Gasteiger partial charge in [-0.25, -0.2) is 4.39 Å². The minimum atomic E-state index is -0.515. The lowest BCUT2D eigenvalue weighted by atomic mass is 10.2. The number of hydrogen-bond acceptors (Lipinski definition) is 3. The number of primary amides is 1. The Morgan fingerprint density at radius 2 is 2.27 bits per heavy atom. The van der Waals surface area contributed by atoms with Gasteiger partial charge in [0.15, 0.2) is 0 Å². The van der Waals surface area contributed by atoms with Crippen LogP contribution in [-0.4, -0.2) is 17.1 Å². The number of halogens is 1. The van der Waals surface area contributed by atoms with Crippen molar-refractivity contribution in [1.82, 2.24) is 5.32 Å². The second-order valence-electron chi connectivity index (χ2n) is 3.32. The molecular formula is C10H13FN2O2. The number of hydrogen-bond donors (Lipinski definition) is 3. The number of amides is 1. The smallest absolute Gasteiger partial charge is 0.234 e. The molecule has 1 atom stereocenters. The van der Waals surface area contributed by atoms with Crippen molar-refractivity contribution in [3.63, 3.8) is 0 Å². The third-order valence-corrected chi connectivity index (χ3v) is 1.98. The Labute approximate surface area is 86.9 Å². The monoisotopic (exact) mass is 212 g/mol. The first-order valence-electron chi connectivity index (χ1n) is 4.50. The summed E-state index contributed by atoms with van der Waals surface area (Å²) in [5, 5.41) is 11.9. The van der Waals surface area contributed by atoms with Gasteiger partial charge in [0, 0.05) is 12.6 Å². The van der Waals surface area contributed by atoms with Crippen molar-refractivity contribution in [2.75, 3.05) is 0 Å². The Hall–Kier alpha value is -1.62. The zero-order valence-corrected chi connectivity index (χ0v) is 8.33. The van der Waals surface area contributed by atoms with E-state index in [2.05, 4.69) is 5.32 Å². The molecule has 0 aromatic heterocycles. The number of nitrogens with one attached hydrogen (secondary N) is 1. The molecule has 0 saturated carbocycles. The highest BCUT2D eigenvalue weighted by Gasteiger charge is 2.07. The minimum Gasteiger partial charge on any atom is -0.508 e. The Balaban J connectivity index is 2.61. The molecule has 0 aliphatic carbocycles. The lowest BCUT2D eigenvalue weighted by Crippen LogP contribution is -2.38. The van der Waals surface area contributed by atoms with Gasteiger partial charge in [-0.1, -0.05) is 0 Å². The first-order valence-corrected chi connectivity index (χ1v) is 4.50. The molecule has 4 nitrogen and oxygen atoms in total. The first-order chi connectivity index (χ1) is 6.99. The Bertz CT molecular complexity index is 348. The van der Waals surface area contributed by atoms with Gasteiger partial charge in [0.2, 0.25) is 5.91 Å². The highest BCUT2D eigenvalue weighted by molar-refractivity contribution is 5.79. The summed E-state index contributed by atoms with van der Waals surface area (Å²) in [5.41, 5.74) is 5.59. The van der Waals surface area contributed by atoms with Gasteiger partial charge in [-0.05, 0) is 24.6 Å². The molecule has 1 aromatic rings. The van der Waals surface area contributed by atoms with E-state index in [1.807, 2.05) is 0 Å². The number of rotatable bonds is 4. The summed E-state index contributed by atoms with van der Waals surface area (Å²) in [6, 6.07) is 3.22. The largest absolute Gasteiger partial charge is 0.508 e. The second kappa shape index (κ2) is 4.75. The number of benzene rings is 1. The van der Waals surface area contributed by atoms with Crippen molar-refractivity contribution in [3.05, 3.63) is 29.6 Å². The van der Waals surface area contributed by atoms with E-state index in [9.17, 15) is 9.18 Å². The zero-order valence-electron chi connectivity index (χ0n) is 8.33. The van der Waals surface area contributed by atoms with Crippen LogP contribution in [0.2, 0.25) is 0 Å². The standard InChI is InChI=1S/C10H13FN2O2/c1-6(10(12)15)13-5-7-2-8(11)4-9(14)3-7/h2-4,6,13-14H,5H2,1H3,(H2,12,15). The molecule has 0 aliphatic rings. The molecule has 5 heteroatoms. The van der Waals surface area contributed by atoms with E-state index >= 15 is 0 Å². The predicted octanol–water partition coefficient (Wildman–Crippen LogP) is 0.495. The summed E-state index contributed by atoms with van der Waals surface area (Å²) in [6.07, 6.45) is 0. The molecule has 15 heavy (non-hydrogen) atoms. The fourth-order valence-electron chi connectivity index (χ4n) is 1.11. The van der Waals surface area contributed by atoms with Crippen molar-refractivity contribution in [2.45, 2.75) is 19.5 Å². The molecular weight excluding hydrogens is 199 g/mol. The quantitative estimate of drug-likeness (QED) is 0.680.